The lowest BCUT2D eigenvalue weighted by atomic mass is 9.75. The minimum atomic E-state index is -0.520. The fourth-order valence-electron chi connectivity index (χ4n) is 5.03. The Morgan fingerprint density at radius 2 is 1.66 bits per heavy atom. The molecule has 0 spiro atoms. The first-order chi connectivity index (χ1) is 15.4. The molecular weight excluding hydrogens is 465 g/mol. The second-order valence-electron chi connectivity index (χ2n) is 8.82. The Labute approximate surface area is 205 Å². The first-order valence-electron chi connectivity index (χ1n) is 11.5. The van der Waals surface area contributed by atoms with Gasteiger partial charge in [0.25, 0.3) is 0 Å². The van der Waals surface area contributed by atoms with Crippen molar-refractivity contribution in [2.24, 2.45) is 0 Å². The number of carbonyl (C=O) groups is 1. The summed E-state index contributed by atoms with van der Waals surface area (Å²) in [5, 5.41) is 4.88. The predicted molar refractivity (Wildman–Crippen MR) is 136 cm³/mol. The number of piperazine rings is 1. The molecular formula is C25H30Cl3N3O. The molecule has 1 atom stereocenters. The Balaban J connectivity index is 1.24. The highest BCUT2D eigenvalue weighted by Gasteiger charge is 2.45. The van der Waals surface area contributed by atoms with Crippen molar-refractivity contribution < 1.29 is 4.79 Å². The number of unbranched alkanes of at least 4 members (excludes halogenated alkanes) is 2. The SMILES string of the molecule is CCC1(CCCCCN2CCN(c3ccc(Cl)cc3)CC2)C(=O)Nc2c(Cl)cc(Cl)cc21. The number of hydrogen-bond acceptors (Lipinski definition) is 3. The van der Waals surface area contributed by atoms with Crippen LogP contribution in [0.5, 0.6) is 0 Å². The molecule has 4 nitrogen and oxygen atoms in total. The lowest BCUT2D eigenvalue weighted by molar-refractivity contribution is -0.121. The monoisotopic (exact) mass is 493 g/mol. The number of nitrogens with zero attached hydrogens (tertiary/aromatic N) is 2. The van der Waals surface area contributed by atoms with E-state index in [1.165, 1.54) is 5.69 Å². The number of nitrogens with one attached hydrogen (secondary N) is 1. The second-order valence-corrected chi connectivity index (χ2v) is 10.1. The van der Waals surface area contributed by atoms with Crippen LogP contribution in [0.15, 0.2) is 36.4 Å². The first-order valence-corrected chi connectivity index (χ1v) is 12.6. The van der Waals surface area contributed by atoms with E-state index in [2.05, 4.69) is 34.2 Å². The molecule has 4 rings (SSSR count). The Kier molecular flexibility index (Phi) is 7.56. The predicted octanol–water partition coefficient (Wildman–Crippen LogP) is 6.63. The molecule has 1 amide bonds. The van der Waals surface area contributed by atoms with Gasteiger partial charge in [-0.2, -0.15) is 0 Å². The summed E-state index contributed by atoms with van der Waals surface area (Å²) in [6.45, 7) is 7.42. The highest BCUT2D eigenvalue weighted by molar-refractivity contribution is 6.37. The molecule has 2 heterocycles. The van der Waals surface area contributed by atoms with Crippen LogP contribution >= 0.6 is 34.8 Å². The molecule has 172 valence electrons. The number of rotatable bonds is 8. The molecule has 0 bridgehead atoms. The average molecular weight is 495 g/mol. The maximum Gasteiger partial charge on any atom is 0.235 e. The quantitative estimate of drug-likeness (QED) is 0.418. The van der Waals surface area contributed by atoms with E-state index in [9.17, 15) is 4.79 Å². The molecule has 1 fully saturated rings. The van der Waals surface area contributed by atoms with Crippen LogP contribution in [0.25, 0.3) is 0 Å². The van der Waals surface area contributed by atoms with E-state index in [0.717, 1.165) is 81.1 Å². The van der Waals surface area contributed by atoms with E-state index >= 15 is 0 Å². The van der Waals surface area contributed by atoms with E-state index in [1.54, 1.807) is 6.07 Å². The molecule has 0 aliphatic carbocycles. The van der Waals surface area contributed by atoms with Crippen molar-refractivity contribution in [2.45, 2.75) is 44.4 Å². The van der Waals surface area contributed by atoms with Gasteiger partial charge >= 0.3 is 0 Å². The topological polar surface area (TPSA) is 35.6 Å². The standard InChI is InChI=1S/C25H30Cl3N3O/c1-2-25(21-16-19(27)17-22(28)23(21)29-24(25)32)10-4-3-5-11-30-12-14-31(15-13-30)20-8-6-18(26)7-9-20/h6-9,16-17H,2-5,10-15H2,1H3,(H,29,32). The summed E-state index contributed by atoms with van der Waals surface area (Å²) in [5.74, 6) is 0.0532. The zero-order valence-electron chi connectivity index (χ0n) is 18.5. The van der Waals surface area contributed by atoms with Crippen LogP contribution in [0, 0.1) is 0 Å². The van der Waals surface area contributed by atoms with Crippen molar-refractivity contribution in [2.75, 3.05) is 42.9 Å². The van der Waals surface area contributed by atoms with Crippen molar-refractivity contribution in [1.82, 2.24) is 4.90 Å². The third kappa shape index (κ3) is 4.89. The largest absolute Gasteiger partial charge is 0.369 e. The molecule has 2 aromatic carbocycles. The third-order valence-electron chi connectivity index (χ3n) is 6.99. The molecule has 0 saturated carbocycles. The molecule has 1 unspecified atom stereocenters. The number of fused-ring (bicyclic) bond motifs is 1. The van der Waals surface area contributed by atoms with Crippen LogP contribution < -0.4 is 10.2 Å². The summed E-state index contributed by atoms with van der Waals surface area (Å²) >= 11 is 18.6. The van der Waals surface area contributed by atoms with Gasteiger partial charge in [-0.1, -0.05) is 54.6 Å². The summed E-state index contributed by atoms with van der Waals surface area (Å²) in [5.41, 5.74) is 2.42. The smallest absolute Gasteiger partial charge is 0.235 e. The van der Waals surface area contributed by atoms with Crippen LogP contribution in [0.1, 0.15) is 44.6 Å². The number of hydrogen-bond donors (Lipinski definition) is 1. The van der Waals surface area contributed by atoms with Gasteiger partial charge in [0.05, 0.1) is 16.1 Å². The van der Waals surface area contributed by atoms with E-state index in [-0.39, 0.29) is 5.91 Å². The lowest BCUT2D eigenvalue weighted by Crippen LogP contribution is -2.46. The van der Waals surface area contributed by atoms with E-state index in [4.69, 9.17) is 34.8 Å². The number of anilines is 2. The van der Waals surface area contributed by atoms with Crippen molar-refractivity contribution in [3.8, 4) is 0 Å². The van der Waals surface area contributed by atoms with Crippen LogP contribution in [-0.4, -0.2) is 43.5 Å². The molecule has 1 saturated heterocycles. The summed E-state index contributed by atoms with van der Waals surface area (Å²) < 4.78 is 0. The van der Waals surface area contributed by atoms with Gasteiger partial charge in [0, 0.05) is 41.9 Å². The Morgan fingerprint density at radius 3 is 2.34 bits per heavy atom. The normalized spacial score (nSPS) is 21.0. The number of benzene rings is 2. The molecule has 1 N–H and O–H groups in total. The average Bonchev–Trinajstić information content (AvgIpc) is 3.06. The zero-order chi connectivity index (χ0) is 22.7. The van der Waals surface area contributed by atoms with Gasteiger partial charge in [-0.05, 0) is 67.8 Å². The molecule has 32 heavy (non-hydrogen) atoms. The van der Waals surface area contributed by atoms with Gasteiger partial charge in [-0.3, -0.25) is 9.69 Å². The first kappa shape index (κ1) is 23.7. The summed E-state index contributed by atoms with van der Waals surface area (Å²) in [4.78, 5) is 17.9. The van der Waals surface area contributed by atoms with Crippen LogP contribution in [-0.2, 0) is 10.2 Å². The van der Waals surface area contributed by atoms with Gasteiger partial charge in [-0.25, -0.2) is 0 Å². The van der Waals surface area contributed by atoms with Crippen LogP contribution in [0.2, 0.25) is 15.1 Å². The third-order valence-corrected chi connectivity index (χ3v) is 7.76. The van der Waals surface area contributed by atoms with E-state index in [0.29, 0.717) is 10.0 Å². The fraction of sp³-hybridized carbons (Fsp3) is 0.480. The second kappa shape index (κ2) is 10.2. The van der Waals surface area contributed by atoms with Crippen molar-refractivity contribution in [3.05, 3.63) is 57.0 Å². The highest BCUT2D eigenvalue weighted by Crippen LogP contribution is 2.47. The number of amides is 1. The summed E-state index contributed by atoms with van der Waals surface area (Å²) in [6, 6.07) is 11.7. The Morgan fingerprint density at radius 1 is 0.938 bits per heavy atom. The van der Waals surface area contributed by atoms with Crippen molar-refractivity contribution >= 4 is 52.1 Å². The minimum absolute atomic E-state index is 0.0532. The summed E-state index contributed by atoms with van der Waals surface area (Å²) in [7, 11) is 0. The van der Waals surface area contributed by atoms with Gasteiger partial charge < -0.3 is 10.2 Å². The molecule has 2 aliphatic rings. The molecule has 7 heteroatoms. The number of halogens is 3. The van der Waals surface area contributed by atoms with E-state index < -0.39 is 5.41 Å². The number of carbonyl (C=O) groups excluding carboxylic acids is 1. The Bertz CT molecular complexity index is 958. The maximum atomic E-state index is 12.9. The van der Waals surface area contributed by atoms with Gasteiger partial charge in [0.2, 0.25) is 5.91 Å². The van der Waals surface area contributed by atoms with E-state index in [1.807, 2.05) is 18.2 Å². The molecule has 0 aromatic heterocycles. The van der Waals surface area contributed by atoms with Gasteiger partial charge in [0.1, 0.15) is 0 Å². The van der Waals surface area contributed by atoms with Crippen molar-refractivity contribution in [1.29, 1.82) is 0 Å². The van der Waals surface area contributed by atoms with Crippen LogP contribution in [0.4, 0.5) is 11.4 Å². The van der Waals surface area contributed by atoms with Crippen LogP contribution in [0.3, 0.4) is 0 Å². The minimum Gasteiger partial charge on any atom is -0.369 e. The fourth-order valence-corrected chi connectivity index (χ4v) is 5.70. The molecule has 0 radical (unpaired) electrons. The highest BCUT2D eigenvalue weighted by atomic mass is 35.5. The summed E-state index contributed by atoms with van der Waals surface area (Å²) in [6.07, 6.45) is 4.83. The molecule has 2 aromatic rings. The van der Waals surface area contributed by atoms with Crippen molar-refractivity contribution in [3.63, 3.8) is 0 Å². The Hall–Kier alpha value is -1.46. The zero-order valence-corrected chi connectivity index (χ0v) is 20.7. The lowest BCUT2D eigenvalue weighted by Gasteiger charge is -2.36. The van der Waals surface area contributed by atoms with Gasteiger partial charge in [-0.15, -0.1) is 0 Å². The van der Waals surface area contributed by atoms with Gasteiger partial charge in [0.15, 0.2) is 0 Å². The maximum absolute atomic E-state index is 12.9. The molecule has 2 aliphatic heterocycles.